The van der Waals surface area contributed by atoms with Crippen molar-refractivity contribution in [2.24, 2.45) is 21.7 Å². The number of hydrogen-bond acceptors (Lipinski definition) is 2. The lowest BCUT2D eigenvalue weighted by Crippen LogP contribution is -2.61. The molecule has 0 heterocycles. The third-order valence-electron chi connectivity index (χ3n) is 8.74. The highest BCUT2D eigenvalue weighted by atomic mass is 16.3. The van der Waals surface area contributed by atoms with Gasteiger partial charge in [-0.05, 0) is 10.8 Å². The Bertz CT molecular complexity index is 622. The van der Waals surface area contributed by atoms with E-state index in [9.17, 15) is 10.2 Å². The van der Waals surface area contributed by atoms with Crippen LogP contribution in [0, 0.1) is 21.7 Å². The average molecular weight is 373 g/mol. The molecular formula is C25H40O2. The predicted molar refractivity (Wildman–Crippen MR) is 115 cm³/mol. The largest absolute Gasteiger partial charge is 0.385 e. The van der Waals surface area contributed by atoms with E-state index in [1.54, 1.807) is 0 Å². The number of allylic oxidation sites excluding steroid dienone is 4. The molecule has 152 valence electrons. The summed E-state index contributed by atoms with van der Waals surface area (Å²) in [5.74, 6) is 0. The third kappa shape index (κ3) is 3.09. The molecule has 2 heteroatoms. The van der Waals surface area contributed by atoms with Gasteiger partial charge in [-0.1, -0.05) is 117 Å². The van der Waals surface area contributed by atoms with Crippen molar-refractivity contribution in [3.8, 4) is 0 Å². The Morgan fingerprint density at radius 2 is 0.926 bits per heavy atom. The molecule has 27 heavy (non-hydrogen) atoms. The first-order valence-corrected chi connectivity index (χ1v) is 10.4. The summed E-state index contributed by atoms with van der Waals surface area (Å²) in [5.41, 5.74) is -3.49. The van der Waals surface area contributed by atoms with Crippen LogP contribution in [0.4, 0.5) is 0 Å². The van der Waals surface area contributed by atoms with Crippen LogP contribution in [-0.4, -0.2) is 21.4 Å². The van der Waals surface area contributed by atoms with E-state index in [1.165, 1.54) is 0 Å². The van der Waals surface area contributed by atoms with Gasteiger partial charge in [0.15, 0.2) is 0 Å². The molecule has 0 spiro atoms. The molecule has 0 aromatic heterocycles. The van der Waals surface area contributed by atoms with Gasteiger partial charge in [-0.25, -0.2) is 0 Å². The first-order chi connectivity index (χ1) is 12.2. The van der Waals surface area contributed by atoms with Crippen LogP contribution >= 0.6 is 0 Å². The van der Waals surface area contributed by atoms with Gasteiger partial charge in [-0.15, -0.1) is 0 Å². The van der Waals surface area contributed by atoms with Crippen LogP contribution in [0.3, 0.4) is 0 Å². The lowest BCUT2D eigenvalue weighted by Gasteiger charge is -2.59. The first kappa shape index (κ1) is 22.2. The van der Waals surface area contributed by atoms with E-state index in [0.717, 1.165) is 12.8 Å². The lowest BCUT2D eigenvalue weighted by molar-refractivity contribution is -0.154. The topological polar surface area (TPSA) is 40.5 Å². The van der Waals surface area contributed by atoms with Crippen LogP contribution in [0.1, 0.15) is 74.7 Å². The van der Waals surface area contributed by atoms with E-state index < -0.39 is 22.0 Å². The fourth-order valence-corrected chi connectivity index (χ4v) is 4.81. The van der Waals surface area contributed by atoms with Gasteiger partial charge >= 0.3 is 0 Å². The molecule has 0 radical (unpaired) electrons. The van der Waals surface area contributed by atoms with Crippen LogP contribution in [0.25, 0.3) is 0 Å². The zero-order valence-corrected chi connectivity index (χ0v) is 18.6. The van der Waals surface area contributed by atoms with E-state index in [1.807, 2.05) is 36.5 Å². The highest BCUT2D eigenvalue weighted by Crippen LogP contribution is 2.59. The number of rotatable bonds is 6. The van der Waals surface area contributed by atoms with Crippen LogP contribution in [0.2, 0.25) is 0 Å². The number of hydrogen-bond donors (Lipinski definition) is 2. The minimum absolute atomic E-state index is 0.121. The Labute approximate surface area is 166 Å². The summed E-state index contributed by atoms with van der Waals surface area (Å²) >= 11 is 0. The molecule has 0 aromatic carbocycles. The minimum Gasteiger partial charge on any atom is -0.385 e. The fraction of sp³-hybridized carbons (Fsp3) is 0.680. The Hall–Kier alpha value is -1.12. The van der Waals surface area contributed by atoms with Crippen LogP contribution in [0.15, 0.2) is 48.6 Å². The van der Waals surface area contributed by atoms with Gasteiger partial charge in [-0.2, -0.15) is 0 Å². The Morgan fingerprint density at radius 3 is 1.22 bits per heavy atom. The average Bonchev–Trinajstić information content (AvgIpc) is 2.60. The van der Waals surface area contributed by atoms with Crippen molar-refractivity contribution in [1.82, 2.24) is 0 Å². The summed E-state index contributed by atoms with van der Waals surface area (Å²) in [6.45, 7) is 17.4. The molecule has 0 bridgehead atoms. The zero-order valence-electron chi connectivity index (χ0n) is 18.6. The van der Waals surface area contributed by atoms with Gasteiger partial charge in [0.05, 0.1) is 11.2 Å². The van der Waals surface area contributed by atoms with Gasteiger partial charge in [0, 0.05) is 17.3 Å². The maximum absolute atomic E-state index is 12.0. The van der Waals surface area contributed by atoms with E-state index in [-0.39, 0.29) is 17.3 Å². The van der Waals surface area contributed by atoms with Crippen LogP contribution in [0.5, 0.6) is 0 Å². The highest BCUT2D eigenvalue weighted by molar-refractivity contribution is 5.35. The first-order valence-electron chi connectivity index (χ1n) is 10.4. The Balaban J connectivity index is 2.57. The van der Waals surface area contributed by atoms with Crippen LogP contribution < -0.4 is 0 Å². The summed E-state index contributed by atoms with van der Waals surface area (Å²) in [5, 5.41) is 24.0. The molecule has 2 N–H and O–H groups in total. The Morgan fingerprint density at radius 1 is 0.630 bits per heavy atom. The second-order valence-electron chi connectivity index (χ2n) is 10.3. The van der Waals surface area contributed by atoms with E-state index >= 15 is 0 Å². The van der Waals surface area contributed by atoms with Crippen molar-refractivity contribution < 1.29 is 10.2 Å². The van der Waals surface area contributed by atoms with Gasteiger partial charge in [-0.3, -0.25) is 0 Å². The monoisotopic (exact) mass is 372 g/mol. The van der Waals surface area contributed by atoms with Gasteiger partial charge < -0.3 is 10.2 Å². The lowest BCUT2D eigenvalue weighted by atomic mass is 9.49. The van der Waals surface area contributed by atoms with Crippen molar-refractivity contribution in [3.63, 3.8) is 0 Å². The Kier molecular flexibility index (Phi) is 5.53. The van der Waals surface area contributed by atoms with Gasteiger partial charge in [0.25, 0.3) is 0 Å². The van der Waals surface area contributed by atoms with E-state index in [2.05, 4.69) is 67.5 Å². The van der Waals surface area contributed by atoms with Crippen molar-refractivity contribution in [3.05, 3.63) is 48.6 Å². The quantitative estimate of drug-likeness (QED) is 0.602. The molecule has 4 unspecified atom stereocenters. The minimum atomic E-state index is -1.14. The summed E-state index contributed by atoms with van der Waals surface area (Å²) in [6, 6.07) is 0. The van der Waals surface area contributed by atoms with E-state index in [4.69, 9.17) is 0 Å². The summed E-state index contributed by atoms with van der Waals surface area (Å²) in [7, 11) is 0. The van der Waals surface area contributed by atoms with Crippen molar-refractivity contribution in [2.45, 2.75) is 85.9 Å². The molecule has 2 aliphatic carbocycles. The molecule has 0 aromatic rings. The summed E-state index contributed by atoms with van der Waals surface area (Å²) in [4.78, 5) is 0. The molecule has 2 nitrogen and oxygen atoms in total. The second kappa shape index (κ2) is 6.74. The fourth-order valence-electron chi connectivity index (χ4n) is 4.81. The van der Waals surface area contributed by atoms with Crippen molar-refractivity contribution in [1.29, 1.82) is 0 Å². The van der Waals surface area contributed by atoms with Crippen molar-refractivity contribution >= 4 is 0 Å². The van der Waals surface area contributed by atoms with Gasteiger partial charge in [0.1, 0.15) is 0 Å². The summed E-state index contributed by atoms with van der Waals surface area (Å²) in [6.07, 6.45) is 18.1. The second-order valence-corrected chi connectivity index (χ2v) is 10.3. The zero-order chi connectivity index (χ0) is 20.8. The van der Waals surface area contributed by atoms with Crippen molar-refractivity contribution in [2.75, 3.05) is 0 Å². The van der Waals surface area contributed by atoms with Crippen LogP contribution in [-0.2, 0) is 0 Å². The molecule has 2 rings (SSSR count). The SMILES string of the molecule is CCC(C)(C)C1(C)C=CC=CC1(O)CC1(O)C=CC=CC1(C)C(C)(C)CC. The number of aliphatic hydroxyl groups is 2. The molecule has 0 aliphatic heterocycles. The molecule has 2 aliphatic rings. The molecule has 0 amide bonds. The maximum Gasteiger partial charge on any atom is 0.0954 e. The summed E-state index contributed by atoms with van der Waals surface area (Å²) < 4.78 is 0. The highest BCUT2D eigenvalue weighted by Gasteiger charge is 2.60. The molecular weight excluding hydrogens is 332 g/mol. The molecule has 4 atom stereocenters. The maximum atomic E-state index is 12.0. The normalized spacial score (nSPS) is 39.2. The standard InChI is InChI=1S/C25H40O2/c1-9-20(3,4)22(7)15-11-13-17-24(22,26)19-25(27)18-14-12-16-23(25,8)21(5,6)10-2/h11-18,26-27H,9-10,19H2,1-8H3. The molecule has 0 saturated carbocycles. The van der Waals surface area contributed by atoms with Gasteiger partial charge in [0.2, 0.25) is 0 Å². The molecule has 0 saturated heterocycles. The predicted octanol–water partition coefficient (Wildman–Crippen LogP) is 5.98. The molecule has 0 fully saturated rings. The van der Waals surface area contributed by atoms with E-state index in [0.29, 0.717) is 0 Å². The smallest absolute Gasteiger partial charge is 0.0954 e. The third-order valence-corrected chi connectivity index (χ3v) is 8.74.